The Morgan fingerprint density at radius 3 is 2.87 bits per heavy atom. The summed E-state index contributed by atoms with van der Waals surface area (Å²) in [6.07, 6.45) is 5.09. The number of aliphatic hydroxyl groups is 1. The van der Waals surface area contributed by atoms with E-state index in [9.17, 15) is 5.11 Å². The maximum Gasteiger partial charge on any atom is 0.0794 e. The van der Waals surface area contributed by atoms with Crippen LogP contribution in [0.15, 0.2) is 10.9 Å². The van der Waals surface area contributed by atoms with Crippen LogP contribution in [0.25, 0.3) is 0 Å². The molecule has 0 unspecified atom stereocenters. The van der Waals surface area contributed by atoms with Crippen LogP contribution < -0.4 is 5.32 Å². The Kier molecular flexibility index (Phi) is 4.11. The Balaban J connectivity index is 1.62. The van der Waals surface area contributed by atoms with Gasteiger partial charge in [-0.2, -0.15) is 0 Å². The van der Waals surface area contributed by atoms with Crippen molar-refractivity contribution in [3.8, 4) is 0 Å². The van der Waals surface area contributed by atoms with Gasteiger partial charge in [-0.3, -0.25) is 0 Å². The summed E-state index contributed by atoms with van der Waals surface area (Å²) >= 11 is 1.65. The minimum atomic E-state index is -0.0541. The van der Waals surface area contributed by atoms with Gasteiger partial charge in [0, 0.05) is 24.4 Å². The van der Waals surface area contributed by atoms with E-state index >= 15 is 0 Å². The van der Waals surface area contributed by atoms with Gasteiger partial charge in [0.15, 0.2) is 0 Å². The van der Waals surface area contributed by atoms with Crippen molar-refractivity contribution < 1.29 is 5.11 Å². The molecule has 15 heavy (non-hydrogen) atoms. The van der Waals surface area contributed by atoms with Crippen molar-refractivity contribution >= 4 is 11.3 Å². The minimum Gasteiger partial charge on any atom is -0.393 e. The summed E-state index contributed by atoms with van der Waals surface area (Å²) < 4.78 is 0. The Morgan fingerprint density at radius 1 is 1.40 bits per heavy atom. The standard InChI is InChI=1S/C11H18N2OS/c14-11-3-1-9(2-4-11)12-6-5-10-7-15-8-13-10/h7-9,11-12,14H,1-6H2. The van der Waals surface area contributed by atoms with Crippen molar-refractivity contribution in [3.05, 3.63) is 16.6 Å². The first-order valence-electron chi connectivity index (χ1n) is 5.63. The Bertz CT molecular complexity index is 268. The van der Waals surface area contributed by atoms with Crippen molar-refractivity contribution in [1.29, 1.82) is 0 Å². The van der Waals surface area contributed by atoms with Crippen molar-refractivity contribution in [3.63, 3.8) is 0 Å². The summed E-state index contributed by atoms with van der Waals surface area (Å²) in [5, 5.41) is 15.0. The molecule has 1 heterocycles. The van der Waals surface area contributed by atoms with E-state index in [1.807, 2.05) is 5.51 Å². The summed E-state index contributed by atoms with van der Waals surface area (Å²) in [6, 6.07) is 0.604. The summed E-state index contributed by atoms with van der Waals surface area (Å²) in [5.74, 6) is 0. The van der Waals surface area contributed by atoms with Crippen molar-refractivity contribution in [2.24, 2.45) is 0 Å². The molecule has 1 saturated carbocycles. The first kappa shape index (κ1) is 11.0. The predicted molar refractivity (Wildman–Crippen MR) is 62.1 cm³/mol. The first-order chi connectivity index (χ1) is 7.34. The van der Waals surface area contributed by atoms with Gasteiger partial charge in [0.2, 0.25) is 0 Å². The van der Waals surface area contributed by atoms with E-state index < -0.39 is 0 Å². The van der Waals surface area contributed by atoms with Gasteiger partial charge < -0.3 is 10.4 Å². The highest BCUT2D eigenvalue weighted by Crippen LogP contribution is 2.18. The predicted octanol–water partition coefficient (Wildman–Crippen LogP) is 1.58. The van der Waals surface area contributed by atoms with Gasteiger partial charge in [-0.05, 0) is 25.7 Å². The maximum absolute atomic E-state index is 9.37. The van der Waals surface area contributed by atoms with Crippen LogP contribution >= 0.6 is 11.3 Å². The molecule has 0 spiro atoms. The average Bonchev–Trinajstić information content (AvgIpc) is 2.74. The molecule has 0 amide bonds. The van der Waals surface area contributed by atoms with Gasteiger partial charge in [-0.1, -0.05) is 0 Å². The fraction of sp³-hybridized carbons (Fsp3) is 0.727. The second-order valence-corrected chi connectivity index (χ2v) is 4.91. The molecule has 0 atom stereocenters. The highest BCUT2D eigenvalue weighted by Gasteiger charge is 2.18. The Labute approximate surface area is 94.5 Å². The zero-order valence-electron chi connectivity index (χ0n) is 8.85. The third-order valence-electron chi connectivity index (χ3n) is 2.99. The molecule has 0 bridgehead atoms. The zero-order valence-corrected chi connectivity index (χ0v) is 9.67. The quantitative estimate of drug-likeness (QED) is 0.819. The number of thiazole rings is 1. The number of rotatable bonds is 4. The van der Waals surface area contributed by atoms with Gasteiger partial charge in [0.25, 0.3) is 0 Å². The van der Waals surface area contributed by atoms with Crippen LogP contribution in [0.2, 0.25) is 0 Å². The van der Waals surface area contributed by atoms with E-state index in [4.69, 9.17) is 0 Å². The third kappa shape index (κ3) is 3.55. The molecule has 1 aromatic heterocycles. The molecular weight excluding hydrogens is 208 g/mol. The second kappa shape index (κ2) is 5.58. The molecular formula is C11H18N2OS. The summed E-state index contributed by atoms with van der Waals surface area (Å²) in [4.78, 5) is 4.25. The molecule has 2 rings (SSSR count). The van der Waals surface area contributed by atoms with Crippen molar-refractivity contribution in [2.45, 2.75) is 44.2 Å². The number of hydrogen-bond acceptors (Lipinski definition) is 4. The fourth-order valence-electron chi connectivity index (χ4n) is 2.05. The molecule has 0 aromatic carbocycles. The van der Waals surface area contributed by atoms with E-state index in [-0.39, 0.29) is 6.10 Å². The molecule has 0 saturated heterocycles. The molecule has 2 N–H and O–H groups in total. The Hall–Kier alpha value is -0.450. The molecule has 1 fully saturated rings. The summed E-state index contributed by atoms with van der Waals surface area (Å²) in [7, 11) is 0. The van der Waals surface area contributed by atoms with E-state index in [0.29, 0.717) is 6.04 Å². The van der Waals surface area contributed by atoms with Crippen LogP contribution in [0.3, 0.4) is 0 Å². The van der Waals surface area contributed by atoms with Crippen LogP contribution in [-0.4, -0.2) is 28.8 Å². The zero-order chi connectivity index (χ0) is 10.5. The maximum atomic E-state index is 9.37. The van der Waals surface area contributed by atoms with Crippen molar-refractivity contribution in [1.82, 2.24) is 10.3 Å². The lowest BCUT2D eigenvalue weighted by Gasteiger charge is -2.26. The number of nitrogens with one attached hydrogen (secondary N) is 1. The SMILES string of the molecule is OC1CCC(NCCc2cscn2)CC1. The van der Waals surface area contributed by atoms with Crippen LogP contribution in [0, 0.1) is 0 Å². The molecule has 0 radical (unpaired) electrons. The average molecular weight is 226 g/mol. The first-order valence-corrected chi connectivity index (χ1v) is 6.57. The van der Waals surface area contributed by atoms with E-state index in [0.717, 1.165) is 38.6 Å². The molecule has 84 valence electrons. The summed E-state index contributed by atoms with van der Waals surface area (Å²) in [5.41, 5.74) is 3.06. The van der Waals surface area contributed by atoms with Gasteiger partial charge in [-0.15, -0.1) is 11.3 Å². The largest absolute Gasteiger partial charge is 0.393 e. The monoisotopic (exact) mass is 226 g/mol. The lowest BCUT2D eigenvalue weighted by atomic mass is 9.93. The molecule has 0 aliphatic heterocycles. The molecule has 4 heteroatoms. The molecule has 1 aliphatic rings. The third-order valence-corrected chi connectivity index (χ3v) is 3.63. The number of nitrogens with zero attached hydrogens (tertiary/aromatic N) is 1. The van der Waals surface area contributed by atoms with Crippen LogP contribution in [0.1, 0.15) is 31.4 Å². The van der Waals surface area contributed by atoms with E-state index in [1.165, 1.54) is 5.69 Å². The molecule has 1 aromatic rings. The lowest BCUT2D eigenvalue weighted by molar-refractivity contribution is 0.117. The minimum absolute atomic E-state index is 0.0541. The Morgan fingerprint density at radius 2 is 2.20 bits per heavy atom. The number of aromatic nitrogens is 1. The van der Waals surface area contributed by atoms with E-state index in [1.54, 1.807) is 11.3 Å². The second-order valence-electron chi connectivity index (χ2n) is 4.19. The highest BCUT2D eigenvalue weighted by molar-refractivity contribution is 7.07. The fourth-order valence-corrected chi connectivity index (χ4v) is 2.64. The molecule has 3 nitrogen and oxygen atoms in total. The smallest absolute Gasteiger partial charge is 0.0794 e. The lowest BCUT2D eigenvalue weighted by Crippen LogP contribution is -2.35. The van der Waals surface area contributed by atoms with Gasteiger partial charge in [-0.25, -0.2) is 4.98 Å². The number of hydrogen-bond donors (Lipinski definition) is 2. The van der Waals surface area contributed by atoms with Gasteiger partial charge in [0.1, 0.15) is 0 Å². The normalized spacial score (nSPS) is 26.7. The van der Waals surface area contributed by atoms with Gasteiger partial charge in [0.05, 0.1) is 17.3 Å². The topological polar surface area (TPSA) is 45.1 Å². The van der Waals surface area contributed by atoms with Gasteiger partial charge >= 0.3 is 0 Å². The van der Waals surface area contributed by atoms with Crippen LogP contribution in [0.4, 0.5) is 0 Å². The van der Waals surface area contributed by atoms with Crippen LogP contribution in [0.5, 0.6) is 0 Å². The molecule has 1 aliphatic carbocycles. The van der Waals surface area contributed by atoms with Crippen LogP contribution in [-0.2, 0) is 6.42 Å². The summed E-state index contributed by atoms with van der Waals surface area (Å²) in [6.45, 7) is 1.00. The highest BCUT2D eigenvalue weighted by atomic mass is 32.1. The number of aliphatic hydroxyl groups excluding tert-OH is 1. The van der Waals surface area contributed by atoms with E-state index in [2.05, 4.69) is 15.7 Å². The van der Waals surface area contributed by atoms with Crippen molar-refractivity contribution in [2.75, 3.05) is 6.54 Å².